The van der Waals surface area contributed by atoms with Gasteiger partial charge in [0.25, 0.3) is 0 Å². The van der Waals surface area contributed by atoms with Crippen molar-refractivity contribution in [2.24, 2.45) is 4.99 Å². The number of carbonyl (C=O) groups is 1. The summed E-state index contributed by atoms with van der Waals surface area (Å²) in [7, 11) is 1.90. The number of rotatable bonds is 6. The van der Waals surface area contributed by atoms with Crippen LogP contribution in [-0.2, 0) is 6.42 Å². The summed E-state index contributed by atoms with van der Waals surface area (Å²) in [5.74, 6) is 1.26. The molecule has 0 fully saturated rings. The van der Waals surface area contributed by atoms with Crippen LogP contribution in [0.25, 0.3) is 0 Å². The minimum Gasteiger partial charge on any atom is -0.454 e. The van der Waals surface area contributed by atoms with Crippen molar-refractivity contribution in [3.63, 3.8) is 0 Å². The van der Waals surface area contributed by atoms with E-state index in [1.54, 1.807) is 18.2 Å². The van der Waals surface area contributed by atoms with E-state index in [9.17, 15) is 4.79 Å². The Labute approximate surface area is 141 Å². The largest absolute Gasteiger partial charge is 0.454 e. The Balaban J connectivity index is 1.65. The van der Waals surface area contributed by atoms with Crippen molar-refractivity contribution in [1.82, 2.24) is 0 Å². The molecule has 5 heteroatoms. The smallest absolute Gasteiger partial charge is 0.231 e. The highest BCUT2D eigenvalue weighted by atomic mass is 16.7. The fraction of sp³-hybridized carbons (Fsp3) is 0.263. The molecule has 0 amide bonds. The Morgan fingerprint density at radius 2 is 1.96 bits per heavy atom. The molecule has 2 aromatic rings. The molecule has 24 heavy (non-hydrogen) atoms. The summed E-state index contributed by atoms with van der Waals surface area (Å²) in [4.78, 5) is 16.7. The minimum atomic E-state index is -0.0328. The van der Waals surface area contributed by atoms with E-state index in [1.807, 2.05) is 32.2 Å². The van der Waals surface area contributed by atoms with E-state index in [0.29, 0.717) is 23.5 Å². The summed E-state index contributed by atoms with van der Waals surface area (Å²) in [6.07, 6.45) is 0.714. The van der Waals surface area contributed by atoms with Gasteiger partial charge in [0.15, 0.2) is 17.3 Å². The summed E-state index contributed by atoms with van der Waals surface area (Å²) in [5, 5.41) is 3.17. The third-order valence-electron chi connectivity index (χ3n) is 3.92. The standard InChI is InChI=1S/C19H20N2O3/c1-13(9-14-5-3-4-6-16(14)20-2)21-11-17(22)15-7-8-18-19(10-15)24-12-23-18/h3-8,10,20H,9,11-12H2,1-2H3. The first-order valence-corrected chi connectivity index (χ1v) is 7.86. The van der Waals surface area contributed by atoms with Crippen LogP contribution < -0.4 is 14.8 Å². The number of para-hydroxylation sites is 1. The van der Waals surface area contributed by atoms with E-state index in [1.165, 1.54) is 0 Å². The summed E-state index contributed by atoms with van der Waals surface area (Å²) in [6, 6.07) is 13.3. The maximum absolute atomic E-state index is 12.3. The molecule has 0 aliphatic carbocycles. The van der Waals surface area contributed by atoms with E-state index in [-0.39, 0.29) is 19.1 Å². The molecule has 0 atom stereocenters. The Hall–Kier alpha value is -2.82. The molecule has 0 radical (unpaired) electrons. The number of carbonyl (C=O) groups excluding carboxylic acids is 1. The van der Waals surface area contributed by atoms with Crippen LogP contribution in [0.15, 0.2) is 47.5 Å². The number of benzene rings is 2. The molecular weight excluding hydrogens is 304 g/mol. The molecule has 1 aliphatic rings. The number of ketones is 1. The van der Waals surface area contributed by atoms with Crippen LogP contribution in [0.5, 0.6) is 11.5 Å². The first kappa shape index (κ1) is 16.1. The molecule has 0 spiro atoms. The minimum absolute atomic E-state index is 0.0328. The van der Waals surface area contributed by atoms with Gasteiger partial charge in [0.1, 0.15) is 6.54 Å². The van der Waals surface area contributed by atoms with Crippen molar-refractivity contribution >= 4 is 17.2 Å². The number of ether oxygens (including phenoxy) is 2. The van der Waals surface area contributed by atoms with E-state index >= 15 is 0 Å². The average Bonchev–Trinajstić information content (AvgIpc) is 3.07. The van der Waals surface area contributed by atoms with Gasteiger partial charge in [0.05, 0.1) is 0 Å². The van der Waals surface area contributed by atoms with Gasteiger partial charge in [-0.05, 0) is 36.8 Å². The highest BCUT2D eigenvalue weighted by molar-refractivity contribution is 5.99. The summed E-state index contributed by atoms with van der Waals surface area (Å²) >= 11 is 0. The maximum Gasteiger partial charge on any atom is 0.231 e. The van der Waals surface area contributed by atoms with E-state index < -0.39 is 0 Å². The van der Waals surface area contributed by atoms with Gasteiger partial charge in [-0.2, -0.15) is 0 Å². The summed E-state index contributed by atoms with van der Waals surface area (Å²) in [6.45, 7) is 2.28. The van der Waals surface area contributed by atoms with Gasteiger partial charge in [-0.15, -0.1) is 0 Å². The van der Waals surface area contributed by atoms with Crippen molar-refractivity contribution in [3.05, 3.63) is 53.6 Å². The zero-order valence-electron chi connectivity index (χ0n) is 13.8. The quantitative estimate of drug-likeness (QED) is 0.654. The zero-order valence-corrected chi connectivity index (χ0v) is 13.8. The lowest BCUT2D eigenvalue weighted by atomic mass is 10.1. The molecule has 1 heterocycles. The molecule has 0 saturated carbocycles. The van der Waals surface area contributed by atoms with Gasteiger partial charge in [0.2, 0.25) is 6.79 Å². The number of hydrogen-bond donors (Lipinski definition) is 1. The Kier molecular flexibility index (Phi) is 4.79. The SMILES string of the molecule is CNc1ccccc1CC(C)=NCC(=O)c1ccc2c(c1)OCO2. The lowest BCUT2D eigenvalue weighted by Gasteiger charge is -2.08. The molecule has 2 aromatic carbocycles. The predicted octanol–water partition coefficient (Wildman–Crippen LogP) is 3.34. The summed E-state index contributed by atoms with van der Waals surface area (Å²) < 4.78 is 10.6. The predicted molar refractivity (Wildman–Crippen MR) is 94.6 cm³/mol. The van der Waals surface area contributed by atoms with Gasteiger partial charge in [-0.3, -0.25) is 9.79 Å². The van der Waals surface area contributed by atoms with Crippen LogP contribution in [0.1, 0.15) is 22.8 Å². The van der Waals surface area contributed by atoms with Crippen molar-refractivity contribution in [1.29, 1.82) is 0 Å². The monoisotopic (exact) mass is 324 g/mol. The third kappa shape index (κ3) is 3.56. The fourth-order valence-electron chi connectivity index (χ4n) is 2.62. The molecule has 0 bridgehead atoms. The molecule has 1 aliphatic heterocycles. The fourth-order valence-corrected chi connectivity index (χ4v) is 2.62. The van der Waals surface area contributed by atoms with Crippen LogP contribution in [0.4, 0.5) is 5.69 Å². The molecular formula is C19H20N2O3. The maximum atomic E-state index is 12.3. The number of fused-ring (bicyclic) bond motifs is 1. The number of nitrogens with one attached hydrogen (secondary N) is 1. The summed E-state index contributed by atoms with van der Waals surface area (Å²) in [5.41, 5.74) is 3.75. The Morgan fingerprint density at radius 3 is 2.79 bits per heavy atom. The van der Waals surface area contributed by atoms with Crippen LogP contribution in [-0.4, -0.2) is 31.9 Å². The van der Waals surface area contributed by atoms with Crippen molar-refractivity contribution in [2.45, 2.75) is 13.3 Å². The lowest BCUT2D eigenvalue weighted by molar-refractivity contribution is 0.100. The molecule has 0 unspecified atom stereocenters. The van der Waals surface area contributed by atoms with Crippen molar-refractivity contribution < 1.29 is 14.3 Å². The molecule has 1 N–H and O–H groups in total. The van der Waals surface area contributed by atoms with Crippen LogP contribution in [0, 0.1) is 0 Å². The molecule has 0 aromatic heterocycles. The second-order valence-corrected chi connectivity index (χ2v) is 5.63. The highest BCUT2D eigenvalue weighted by Crippen LogP contribution is 2.32. The number of aliphatic imine (C=N–C) groups is 1. The number of nitrogens with zero attached hydrogens (tertiary/aromatic N) is 1. The Bertz CT molecular complexity index is 784. The van der Waals surface area contributed by atoms with Crippen molar-refractivity contribution in [2.75, 3.05) is 25.7 Å². The van der Waals surface area contributed by atoms with Crippen LogP contribution >= 0.6 is 0 Å². The second kappa shape index (κ2) is 7.17. The van der Waals surface area contributed by atoms with E-state index in [4.69, 9.17) is 9.47 Å². The normalized spacial score (nSPS) is 13.0. The zero-order chi connectivity index (χ0) is 16.9. The number of hydrogen-bond acceptors (Lipinski definition) is 5. The van der Waals surface area contributed by atoms with Gasteiger partial charge in [-0.25, -0.2) is 0 Å². The number of anilines is 1. The third-order valence-corrected chi connectivity index (χ3v) is 3.92. The first-order valence-electron chi connectivity index (χ1n) is 7.86. The van der Waals surface area contributed by atoms with Gasteiger partial charge in [-0.1, -0.05) is 18.2 Å². The van der Waals surface area contributed by atoms with E-state index in [2.05, 4.69) is 16.4 Å². The van der Waals surface area contributed by atoms with Gasteiger partial charge < -0.3 is 14.8 Å². The lowest BCUT2D eigenvalue weighted by Crippen LogP contribution is -2.08. The molecule has 3 rings (SSSR count). The van der Waals surface area contributed by atoms with Crippen LogP contribution in [0.2, 0.25) is 0 Å². The Morgan fingerprint density at radius 1 is 1.17 bits per heavy atom. The van der Waals surface area contributed by atoms with Crippen molar-refractivity contribution in [3.8, 4) is 11.5 Å². The first-order chi connectivity index (χ1) is 11.7. The number of Topliss-reactive ketones (excluding diaryl/α,β-unsaturated/α-hetero) is 1. The topological polar surface area (TPSA) is 59.9 Å². The molecule has 5 nitrogen and oxygen atoms in total. The van der Waals surface area contributed by atoms with Gasteiger partial charge >= 0.3 is 0 Å². The highest BCUT2D eigenvalue weighted by Gasteiger charge is 2.16. The second-order valence-electron chi connectivity index (χ2n) is 5.63. The van der Waals surface area contributed by atoms with E-state index in [0.717, 1.165) is 17.0 Å². The van der Waals surface area contributed by atoms with Gasteiger partial charge in [0, 0.05) is 30.4 Å². The molecule has 124 valence electrons. The van der Waals surface area contributed by atoms with Crippen LogP contribution in [0.3, 0.4) is 0 Å². The molecule has 0 saturated heterocycles. The average molecular weight is 324 g/mol.